The van der Waals surface area contributed by atoms with E-state index in [1.54, 1.807) is 19.2 Å². The third-order valence-corrected chi connectivity index (χ3v) is 3.78. The number of benzene rings is 1. The highest BCUT2D eigenvalue weighted by Gasteiger charge is 2.28. The SMILES string of the molecule is CCC1CN(C(=O)c2cccc(OC)c2)CC/C1=N\O. The van der Waals surface area contributed by atoms with Crippen molar-refractivity contribution in [1.82, 2.24) is 4.90 Å². The van der Waals surface area contributed by atoms with Crippen molar-refractivity contribution in [2.75, 3.05) is 20.2 Å². The van der Waals surface area contributed by atoms with Crippen LogP contribution in [0.25, 0.3) is 0 Å². The minimum Gasteiger partial charge on any atom is -0.497 e. The van der Waals surface area contributed by atoms with E-state index >= 15 is 0 Å². The summed E-state index contributed by atoms with van der Waals surface area (Å²) in [5.74, 6) is 0.820. The molecule has 1 N–H and O–H groups in total. The van der Waals surface area contributed by atoms with E-state index in [9.17, 15) is 4.79 Å². The number of amides is 1. The van der Waals surface area contributed by atoms with Gasteiger partial charge in [0, 0.05) is 31.0 Å². The first kappa shape index (κ1) is 14.4. The molecule has 0 spiro atoms. The Morgan fingerprint density at radius 1 is 1.55 bits per heavy atom. The van der Waals surface area contributed by atoms with Crippen LogP contribution in [0, 0.1) is 5.92 Å². The topological polar surface area (TPSA) is 62.1 Å². The minimum atomic E-state index is -0.000611. The summed E-state index contributed by atoms with van der Waals surface area (Å²) in [4.78, 5) is 14.3. The van der Waals surface area contributed by atoms with Gasteiger partial charge in [-0.1, -0.05) is 18.1 Å². The predicted octanol–water partition coefficient (Wildman–Crippen LogP) is 2.40. The number of nitrogens with zero attached hydrogens (tertiary/aromatic N) is 2. The van der Waals surface area contributed by atoms with Crippen molar-refractivity contribution in [3.63, 3.8) is 0 Å². The van der Waals surface area contributed by atoms with E-state index in [-0.39, 0.29) is 11.8 Å². The quantitative estimate of drug-likeness (QED) is 0.681. The highest BCUT2D eigenvalue weighted by atomic mass is 16.5. The molecule has 5 nitrogen and oxygen atoms in total. The monoisotopic (exact) mass is 276 g/mol. The minimum absolute atomic E-state index is 0.000611. The van der Waals surface area contributed by atoms with Crippen molar-refractivity contribution in [3.8, 4) is 5.75 Å². The van der Waals surface area contributed by atoms with Crippen LogP contribution >= 0.6 is 0 Å². The number of hydrogen-bond donors (Lipinski definition) is 1. The average Bonchev–Trinajstić information content (AvgIpc) is 2.53. The zero-order valence-corrected chi connectivity index (χ0v) is 11.9. The predicted molar refractivity (Wildman–Crippen MR) is 76.5 cm³/mol. The van der Waals surface area contributed by atoms with Crippen molar-refractivity contribution in [2.45, 2.75) is 19.8 Å². The number of hydrogen-bond acceptors (Lipinski definition) is 4. The molecule has 1 atom stereocenters. The maximum Gasteiger partial charge on any atom is 0.254 e. The maximum absolute atomic E-state index is 12.5. The van der Waals surface area contributed by atoms with Gasteiger partial charge in [0.1, 0.15) is 5.75 Å². The van der Waals surface area contributed by atoms with Crippen molar-refractivity contribution in [1.29, 1.82) is 0 Å². The molecule has 1 aromatic rings. The number of oxime groups is 1. The van der Waals surface area contributed by atoms with Crippen LogP contribution in [0.2, 0.25) is 0 Å². The molecule has 0 radical (unpaired) electrons. The van der Waals surface area contributed by atoms with Crippen LogP contribution < -0.4 is 4.74 Å². The summed E-state index contributed by atoms with van der Waals surface area (Å²) in [5.41, 5.74) is 1.42. The summed E-state index contributed by atoms with van der Waals surface area (Å²) in [6, 6.07) is 7.17. The molecule has 1 heterocycles. The Hall–Kier alpha value is -2.04. The second kappa shape index (κ2) is 6.41. The van der Waals surface area contributed by atoms with E-state index in [0.717, 1.165) is 12.1 Å². The Morgan fingerprint density at radius 3 is 3.00 bits per heavy atom. The van der Waals surface area contributed by atoms with E-state index in [0.29, 0.717) is 30.8 Å². The van der Waals surface area contributed by atoms with E-state index in [1.165, 1.54) is 0 Å². The smallest absolute Gasteiger partial charge is 0.254 e. The van der Waals surface area contributed by atoms with Gasteiger partial charge in [0.05, 0.1) is 12.8 Å². The number of likely N-dealkylation sites (tertiary alicyclic amines) is 1. The van der Waals surface area contributed by atoms with E-state index in [1.807, 2.05) is 24.0 Å². The van der Waals surface area contributed by atoms with Gasteiger partial charge in [-0.3, -0.25) is 4.79 Å². The van der Waals surface area contributed by atoms with Crippen LogP contribution in [0.15, 0.2) is 29.4 Å². The van der Waals surface area contributed by atoms with E-state index in [4.69, 9.17) is 9.94 Å². The van der Waals surface area contributed by atoms with Gasteiger partial charge in [-0.2, -0.15) is 0 Å². The van der Waals surface area contributed by atoms with E-state index in [2.05, 4.69) is 5.16 Å². The number of carbonyl (C=O) groups excluding carboxylic acids is 1. The summed E-state index contributed by atoms with van der Waals surface area (Å²) in [5, 5.41) is 12.3. The summed E-state index contributed by atoms with van der Waals surface area (Å²) in [7, 11) is 1.58. The fraction of sp³-hybridized carbons (Fsp3) is 0.467. The van der Waals surface area contributed by atoms with Gasteiger partial charge in [0.15, 0.2) is 0 Å². The third kappa shape index (κ3) is 2.92. The van der Waals surface area contributed by atoms with Crippen molar-refractivity contribution < 1.29 is 14.7 Å². The van der Waals surface area contributed by atoms with Crippen LogP contribution in [0.1, 0.15) is 30.1 Å². The highest BCUT2D eigenvalue weighted by molar-refractivity contribution is 5.96. The van der Waals surface area contributed by atoms with E-state index < -0.39 is 0 Å². The van der Waals surface area contributed by atoms with Gasteiger partial charge >= 0.3 is 0 Å². The number of methoxy groups -OCH3 is 1. The summed E-state index contributed by atoms with van der Waals surface area (Å²) >= 11 is 0. The van der Waals surface area contributed by atoms with Crippen molar-refractivity contribution in [3.05, 3.63) is 29.8 Å². The molecule has 1 aliphatic heterocycles. The summed E-state index contributed by atoms with van der Waals surface area (Å²) in [6.07, 6.45) is 1.49. The van der Waals surface area contributed by atoms with Crippen LogP contribution in [0.5, 0.6) is 5.75 Å². The lowest BCUT2D eigenvalue weighted by molar-refractivity contribution is 0.0728. The highest BCUT2D eigenvalue weighted by Crippen LogP contribution is 2.21. The molecule has 1 aliphatic rings. The zero-order valence-electron chi connectivity index (χ0n) is 11.9. The zero-order chi connectivity index (χ0) is 14.5. The number of rotatable bonds is 3. The number of ether oxygens (including phenoxy) is 1. The van der Waals surface area contributed by atoms with Gasteiger partial charge in [0.2, 0.25) is 0 Å². The molecule has 1 aromatic carbocycles. The van der Waals surface area contributed by atoms with Gasteiger partial charge in [-0.25, -0.2) is 0 Å². The second-order valence-corrected chi connectivity index (χ2v) is 4.93. The Balaban J connectivity index is 2.13. The molecule has 1 unspecified atom stereocenters. The molecular formula is C15H20N2O3. The average molecular weight is 276 g/mol. The standard InChI is InChI=1S/C15H20N2O3/c1-3-11-10-17(8-7-14(11)16-19)15(18)12-5-4-6-13(9-12)20-2/h4-6,9,11,19H,3,7-8,10H2,1-2H3/b16-14+. The van der Waals surface area contributed by atoms with Crippen LogP contribution in [-0.2, 0) is 0 Å². The van der Waals surface area contributed by atoms with Gasteiger partial charge in [-0.05, 0) is 24.6 Å². The van der Waals surface area contributed by atoms with Crippen LogP contribution in [-0.4, -0.2) is 41.9 Å². The lowest BCUT2D eigenvalue weighted by Gasteiger charge is -2.32. The Bertz CT molecular complexity index is 514. The molecule has 5 heteroatoms. The Kier molecular flexibility index (Phi) is 4.61. The molecule has 0 aromatic heterocycles. The molecule has 1 saturated heterocycles. The van der Waals surface area contributed by atoms with Crippen molar-refractivity contribution >= 4 is 11.6 Å². The van der Waals surface area contributed by atoms with Gasteiger partial charge < -0.3 is 14.8 Å². The van der Waals surface area contributed by atoms with Gasteiger partial charge in [-0.15, -0.1) is 0 Å². The largest absolute Gasteiger partial charge is 0.497 e. The summed E-state index contributed by atoms with van der Waals surface area (Å²) in [6.45, 7) is 3.23. The molecule has 0 bridgehead atoms. The Morgan fingerprint density at radius 2 is 2.35 bits per heavy atom. The normalized spacial score (nSPS) is 21.0. The van der Waals surface area contributed by atoms with Crippen LogP contribution in [0.4, 0.5) is 0 Å². The maximum atomic E-state index is 12.5. The molecule has 0 saturated carbocycles. The molecule has 20 heavy (non-hydrogen) atoms. The second-order valence-electron chi connectivity index (χ2n) is 4.93. The molecule has 0 aliphatic carbocycles. The van der Waals surface area contributed by atoms with Crippen molar-refractivity contribution in [2.24, 2.45) is 11.1 Å². The molecular weight excluding hydrogens is 256 g/mol. The van der Waals surface area contributed by atoms with Gasteiger partial charge in [0.25, 0.3) is 5.91 Å². The number of piperidine rings is 1. The number of carbonyl (C=O) groups is 1. The lowest BCUT2D eigenvalue weighted by Crippen LogP contribution is -2.44. The molecule has 108 valence electrons. The first-order valence-electron chi connectivity index (χ1n) is 6.83. The van der Waals surface area contributed by atoms with Crippen LogP contribution in [0.3, 0.4) is 0 Å². The first-order valence-corrected chi connectivity index (χ1v) is 6.83. The lowest BCUT2D eigenvalue weighted by atomic mass is 9.93. The fourth-order valence-corrected chi connectivity index (χ4v) is 2.54. The fourth-order valence-electron chi connectivity index (χ4n) is 2.54. The molecule has 1 amide bonds. The first-order chi connectivity index (χ1) is 9.69. The third-order valence-electron chi connectivity index (χ3n) is 3.78. The Labute approximate surface area is 118 Å². The summed E-state index contributed by atoms with van der Waals surface area (Å²) < 4.78 is 5.15. The molecule has 2 rings (SSSR count). The molecule has 1 fully saturated rings.